The van der Waals surface area contributed by atoms with Gasteiger partial charge in [0.05, 0.1) is 58.6 Å². The van der Waals surface area contributed by atoms with E-state index in [-0.39, 0.29) is 38.9 Å². The van der Waals surface area contributed by atoms with E-state index in [9.17, 15) is 43.0 Å². The molecule has 0 bridgehead atoms. The van der Waals surface area contributed by atoms with Crippen molar-refractivity contribution >= 4 is 50.0 Å². The Hall–Kier alpha value is -9.31. The zero-order valence-electron chi connectivity index (χ0n) is 48.6. The SMILES string of the molecule is CC[NH+](CC)CC.O=C(OC[C@H]1O[C@H](O[C@H]2[C@H](OC(=O)c3ccccc3)[C@H](OC(=O)c3ccccc3)[C@@H](O[P+](=O)[O-])O[C@@H]2COC(=O)c2ccccc2)[C@H](OC(=O)c2ccccc2)[C@@H](OC(=O)c2ccccc2)[C@H]1OC(=O)c1ccccc1)c1ccccc1. The van der Waals surface area contributed by atoms with Gasteiger partial charge in [-0.3, -0.25) is 0 Å². The predicted molar refractivity (Wildman–Crippen MR) is 315 cm³/mol. The molecule has 11 atom stereocenters. The topological polar surface area (TPSA) is 266 Å². The summed E-state index contributed by atoms with van der Waals surface area (Å²) in [5.41, 5.74) is -0.0494. The normalized spacial score (nSPS) is 21.2. The molecular formula is C67H65NO20P+. The van der Waals surface area contributed by atoms with Gasteiger partial charge in [0.1, 0.15) is 31.5 Å². The van der Waals surface area contributed by atoms with E-state index < -0.39 is 125 Å². The highest BCUT2D eigenvalue weighted by Crippen LogP contribution is 2.38. The number of carbonyl (C=O) groups is 7. The lowest BCUT2D eigenvalue weighted by Crippen LogP contribution is -3.11. The number of hydrogen-bond donors (Lipinski definition) is 1. The average Bonchev–Trinajstić information content (AvgIpc) is 1.16. The van der Waals surface area contributed by atoms with Crippen molar-refractivity contribution in [2.24, 2.45) is 0 Å². The van der Waals surface area contributed by atoms with Gasteiger partial charge in [0.25, 0.3) is 6.29 Å². The van der Waals surface area contributed by atoms with Crippen LogP contribution in [-0.2, 0) is 56.5 Å². The highest BCUT2D eigenvalue weighted by atomic mass is 31.1. The van der Waals surface area contributed by atoms with Crippen LogP contribution in [0.1, 0.15) is 93.3 Å². The Balaban J connectivity index is 0.00000138. The standard InChI is InChI=1S/C61H49O20P.C6H15N/c62-53(38-22-8-1-9-23-38)71-36-45-47(75-55(64)40-26-12-3-13-27-40)49(76-56(65)41-28-14-4-15-29-41)51(78-58(67)43-32-18-6-19-33-43)60(73-45)80-48-46(37-72-54(63)39-24-10-2-11-25-39)74-61(81-82(69)70)52(79-59(68)44-34-20-7-21-35-44)50(48)77-57(66)42-30-16-5-17-31-42;1-4-7(5-2)6-3/h1-35,45-52,60-61H,36-37H2;4-6H2,1-3H3/p+1/t45-,46-,47+,48-,49+,50+,51-,52+,60-,61-;/m1./s1. The van der Waals surface area contributed by atoms with Gasteiger partial charge in [0.15, 0.2) is 36.8 Å². The molecular weight excluding hydrogens is 1170 g/mol. The van der Waals surface area contributed by atoms with E-state index in [1.54, 1.807) is 95.9 Å². The van der Waals surface area contributed by atoms with Gasteiger partial charge in [-0.25, -0.2) is 33.6 Å². The Morgan fingerprint density at radius 2 is 0.607 bits per heavy atom. The molecule has 7 aromatic rings. The van der Waals surface area contributed by atoms with Gasteiger partial charge < -0.3 is 57.2 Å². The Kier molecular flexibility index (Phi) is 24.5. The summed E-state index contributed by atoms with van der Waals surface area (Å²) in [6, 6.07) is 53.0. The number of quaternary nitrogens is 1. The maximum atomic E-state index is 14.5. The lowest BCUT2D eigenvalue weighted by molar-refractivity contribution is -0.894. The van der Waals surface area contributed by atoms with Gasteiger partial charge in [0, 0.05) is 0 Å². The third-order valence-corrected chi connectivity index (χ3v) is 14.6. The first-order valence-electron chi connectivity index (χ1n) is 28.6. The van der Waals surface area contributed by atoms with E-state index >= 15 is 0 Å². The highest BCUT2D eigenvalue weighted by molar-refractivity contribution is 7.30. The van der Waals surface area contributed by atoms with Crippen molar-refractivity contribution < 1.29 is 99.8 Å². The fourth-order valence-electron chi connectivity index (χ4n) is 9.49. The third-order valence-electron chi connectivity index (χ3n) is 14.2. The first kappa shape index (κ1) is 65.7. The van der Waals surface area contributed by atoms with Crippen molar-refractivity contribution in [2.45, 2.75) is 82.2 Å². The summed E-state index contributed by atoms with van der Waals surface area (Å²) in [5.74, 6) is -7.13. The van der Waals surface area contributed by atoms with Crippen LogP contribution in [0, 0.1) is 0 Å². The van der Waals surface area contributed by atoms with Gasteiger partial charge in [-0.15, -0.1) is 4.52 Å². The maximum absolute atomic E-state index is 14.5. The van der Waals surface area contributed by atoms with Crippen molar-refractivity contribution in [1.29, 1.82) is 0 Å². The summed E-state index contributed by atoms with van der Waals surface area (Å²) < 4.78 is 80.1. The molecule has 0 radical (unpaired) electrons. The maximum Gasteiger partial charge on any atom is 0.491 e. The first-order valence-corrected chi connectivity index (χ1v) is 29.7. The monoisotopic (exact) mass is 1230 g/mol. The van der Waals surface area contributed by atoms with Crippen LogP contribution < -0.4 is 9.79 Å². The smallest absolute Gasteiger partial charge is 0.491 e. The molecule has 7 aromatic carbocycles. The molecule has 21 nitrogen and oxygen atoms in total. The van der Waals surface area contributed by atoms with Crippen LogP contribution in [-0.4, -0.2) is 136 Å². The molecule has 2 aliphatic rings. The van der Waals surface area contributed by atoms with Gasteiger partial charge >= 0.3 is 50.0 Å². The van der Waals surface area contributed by atoms with Crippen LogP contribution in [0.25, 0.3) is 0 Å². The van der Waals surface area contributed by atoms with Crippen LogP contribution in [0.5, 0.6) is 0 Å². The lowest BCUT2D eigenvalue weighted by atomic mass is 9.95. The molecule has 462 valence electrons. The zero-order valence-corrected chi connectivity index (χ0v) is 49.5. The molecule has 1 N–H and O–H groups in total. The molecule has 2 saturated heterocycles. The predicted octanol–water partition coefficient (Wildman–Crippen LogP) is 7.63. The average molecular weight is 1240 g/mol. The zero-order chi connectivity index (χ0) is 63.1. The van der Waals surface area contributed by atoms with E-state index in [0.29, 0.717) is 0 Å². The second-order valence-electron chi connectivity index (χ2n) is 19.9. The van der Waals surface area contributed by atoms with E-state index in [1.807, 2.05) is 0 Å². The van der Waals surface area contributed by atoms with Gasteiger partial charge in [-0.2, -0.15) is 0 Å². The van der Waals surface area contributed by atoms with Gasteiger partial charge in [0.2, 0.25) is 0 Å². The van der Waals surface area contributed by atoms with E-state index in [0.717, 1.165) is 0 Å². The number of rotatable bonds is 23. The summed E-state index contributed by atoms with van der Waals surface area (Å²) in [6.45, 7) is 8.82. The Labute approximate surface area is 514 Å². The summed E-state index contributed by atoms with van der Waals surface area (Å²) in [6.07, 6.45) is -20.0. The van der Waals surface area contributed by atoms with E-state index in [4.69, 9.17) is 51.9 Å². The van der Waals surface area contributed by atoms with Crippen molar-refractivity contribution in [3.8, 4) is 0 Å². The molecule has 2 fully saturated rings. The molecule has 0 aromatic heterocycles. The fourth-order valence-corrected chi connectivity index (χ4v) is 9.83. The largest absolute Gasteiger partial charge is 0.566 e. The Bertz CT molecular complexity index is 3420. The molecule has 1 unspecified atom stereocenters. The second kappa shape index (κ2) is 33.2. The lowest BCUT2D eigenvalue weighted by Gasteiger charge is -2.48. The summed E-state index contributed by atoms with van der Waals surface area (Å²) >= 11 is 0. The summed E-state index contributed by atoms with van der Waals surface area (Å²) in [7, 11) is -3.87. The molecule has 0 amide bonds. The molecule has 2 heterocycles. The highest BCUT2D eigenvalue weighted by Gasteiger charge is 2.59. The van der Waals surface area contributed by atoms with Crippen LogP contribution in [0.2, 0.25) is 0 Å². The van der Waals surface area contributed by atoms with Crippen LogP contribution in [0.15, 0.2) is 212 Å². The second-order valence-corrected chi connectivity index (χ2v) is 20.6. The van der Waals surface area contributed by atoms with Crippen LogP contribution in [0.4, 0.5) is 0 Å². The summed E-state index contributed by atoms with van der Waals surface area (Å²) in [5, 5.41) is 0. The number of nitrogens with one attached hydrogen (secondary N) is 1. The van der Waals surface area contributed by atoms with Crippen molar-refractivity contribution in [3.63, 3.8) is 0 Å². The molecule has 0 spiro atoms. The number of carbonyl (C=O) groups excluding carboxylic acids is 7. The quantitative estimate of drug-likeness (QED) is 0.0366. The summed E-state index contributed by atoms with van der Waals surface area (Å²) in [4.78, 5) is 114. The molecule has 22 heteroatoms. The minimum atomic E-state index is -3.87. The number of ether oxygens (including phenoxy) is 10. The van der Waals surface area contributed by atoms with Gasteiger partial charge in [-0.05, 0) is 110 Å². The number of benzene rings is 7. The van der Waals surface area contributed by atoms with Gasteiger partial charge in [-0.1, -0.05) is 127 Å². The molecule has 0 aliphatic carbocycles. The molecule has 0 saturated carbocycles. The minimum Gasteiger partial charge on any atom is -0.566 e. The Morgan fingerprint density at radius 3 is 0.899 bits per heavy atom. The van der Waals surface area contributed by atoms with Crippen molar-refractivity contribution in [1.82, 2.24) is 0 Å². The van der Waals surface area contributed by atoms with E-state index in [1.165, 1.54) is 141 Å². The van der Waals surface area contributed by atoms with Crippen LogP contribution in [0.3, 0.4) is 0 Å². The van der Waals surface area contributed by atoms with Crippen LogP contribution >= 0.6 is 8.25 Å². The number of esters is 7. The number of hydrogen-bond acceptors (Lipinski definition) is 20. The molecule has 89 heavy (non-hydrogen) atoms. The van der Waals surface area contributed by atoms with Crippen molar-refractivity contribution in [3.05, 3.63) is 251 Å². The van der Waals surface area contributed by atoms with Crippen molar-refractivity contribution in [2.75, 3.05) is 32.8 Å². The Morgan fingerprint density at radius 1 is 0.360 bits per heavy atom. The third kappa shape index (κ3) is 18.4. The minimum absolute atomic E-state index is 0.00915. The van der Waals surface area contributed by atoms with E-state index in [2.05, 4.69) is 20.8 Å². The molecule has 9 rings (SSSR count). The first-order chi connectivity index (χ1) is 43.2. The molecule has 2 aliphatic heterocycles. The fraction of sp³-hybridized carbons (Fsp3) is 0.269.